The van der Waals surface area contributed by atoms with Gasteiger partial charge in [-0.15, -0.1) is 0 Å². The molecule has 516 valence electrons. The van der Waals surface area contributed by atoms with Crippen molar-refractivity contribution in [2.24, 2.45) is 5.73 Å². The van der Waals surface area contributed by atoms with Gasteiger partial charge in [0.2, 0.25) is 0 Å². The minimum absolute atomic E-state index is 0.0464. The van der Waals surface area contributed by atoms with Crippen LogP contribution in [0.5, 0.6) is 0 Å². The van der Waals surface area contributed by atoms with Crippen LogP contribution in [0.3, 0.4) is 0 Å². The first-order valence-corrected chi connectivity index (χ1v) is 38.1. The number of carbonyl (C=O) groups is 2. The summed E-state index contributed by atoms with van der Waals surface area (Å²) in [5, 5.41) is 0. The van der Waals surface area contributed by atoms with Crippen LogP contribution in [0.2, 0.25) is 0 Å². The third-order valence-corrected chi connectivity index (χ3v) is 16.1. The van der Waals surface area contributed by atoms with Crippen molar-refractivity contribution in [3.8, 4) is 0 Å². The highest BCUT2D eigenvalue weighted by Crippen LogP contribution is 2.43. The molecular formula is C81H134NO8P. The van der Waals surface area contributed by atoms with E-state index in [1.165, 1.54) is 128 Å². The quantitative estimate of drug-likeness (QED) is 0.0264. The van der Waals surface area contributed by atoms with E-state index < -0.39 is 26.5 Å². The minimum atomic E-state index is -4.41. The SMILES string of the molecule is CC/C=C\C/C=C\C/C=C\C/C=C\C/C=C\C/C=C\C/C=C\C/C=C\CCCCCCCCCCCCCCC(=O)OC(COC(=O)CCCCCCCCCCCCCCCC/C=C\C/C=C\C/C=C\C/C=C\C/C=C\C/C=C\CC)COP(=O)(O)OCCN. The summed E-state index contributed by atoms with van der Waals surface area (Å²) in [6.07, 6.45) is 110. The summed E-state index contributed by atoms with van der Waals surface area (Å²) in [6, 6.07) is 0. The zero-order valence-electron chi connectivity index (χ0n) is 58.0. The number of ether oxygens (including phenoxy) is 2. The van der Waals surface area contributed by atoms with Crippen molar-refractivity contribution in [1.29, 1.82) is 0 Å². The van der Waals surface area contributed by atoms with E-state index in [1.54, 1.807) is 0 Å². The van der Waals surface area contributed by atoms with Crippen LogP contribution >= 0.6 is 7.82 Å². The van der Waals surface area contributed by atoms with Crippen molar-refractivity contribution < 1.29 is 37.6 Å². The van der Waals surface area contributed by atoms with Crippen molar-refractivity contribution in [3.63, 3.8) is 0 Å². The molecule has 0 fully saturated rings. The second kappa shape index (κ2) is 74.4. The van der Waals surface area contributed by atoms with Gasteiger partial charge in [-0.1, -0.05) is 325 Å². The maximum Gasteiger partial charge on any atom is 0.472 e. The Bertz CT molecular complexity index is 2100. The molecule has 0 aromatic carbocycles. The molecular weight excluding hydrogens is 1150 g/mol. The Labute approximate surface area is 559 Å². The van der Waals surface area contributed by atoms with Gasteiger partial charge >= 0.3 is 19.8 Å². The molecule has 0 aromatic rings. The normalized spacial score (nSPS) is 13.9. The third kappa shape index (κ3) is 74.3. The van der Waals surface area contributed by atoms with Gasteiger partial charge in [0.05, 0.1) is 13.2 Å². The molecule has 0 heterocycles. The van der Waals surface area contributed by atoms with Crippen LogP contribution in [0.15, 0.2) is 170 Å². The van der Waals surface area contributed by atoms with E-state index in [2.05, 4.69) is 184 Å². The maximum absolute atomic E-state index is 12.8. The van der Waals surface area contributed by atoms with Crippen LogP contribution < -0.4 is 5.73 Å². The molecule has 0 bridgehead atoms. The molecule has 91 heavy (non-hydrogen) atoms. The van der Waals surface area contributed by atoms with Gasteiger partial charge < -0.3 is 20.1 Å². The lowest BCUT2D eigenvalue weighted by Crippen LogP contribution is -2.29. The lowest BCUT2D eigenvalue weighted by atomic mass is 10.0. The second-order valence-corrected chi connectivity index (χ2v) is 25.1. The van der Waals surface area contributed by atoms with E-state index in [1.807, 2.05) is 0 Å². The maximum atomic E-state index is 12.8. The summed E-state index contributed by atoms with van der Waals surface area (Å²) in [5.74, 6) is -0.833. The molecule has 0 aliphatic rings. The number of carbonyl (C=O) groups excluding carboxylic acids is 2. The number of phosphoric acid groups is 1. The highest BCUT2D eigenvalue weighted by atomic mass is 31.2. The van der Waals surface area contributed by atoms with Crippen LogP contribution in [0.1, 0.15) is 296 Å². The molecule has 0 rings (SSSR count). The molecule has 0 saturated heterocycles. The molecule has 0 spiro atoms. The van der Waals surface area contributed by atoms with Crippen LogP contribution in [-0.2, 0) is 32.7 Å². The average molecular weight is 1280 g/mol. The van der Waals surface area contributed by atoms with E-state index in [-0.39, 0.29) is 38.6 Å². The number of allylic oxidation sites excluding steroid dienone is 28. The molecule has 0 amide bonds. The molecule has 0 saturated carbocycles. The molecule has 0 aliphatic carbocycles. The summed E-state index contributed by atoms with van der Waals surface area (Å²) in [7, 11) is -4.41. The summed E-state index contributed by atoms with van der Waals surface area (Å²) in [5.41, 5.74) is 5.41. The first-order chi connectivity index (χ1) is 44.8. The Morgan fingerprint density at radius 1 is 0.330 bits per heavy atom. The van der Waals surface area contributed by atoms with Gasteiger partial charge in [-0.05, 0) is 128 Å². The molecule has 10 heteroatoms. The Hall–Kier alpha value is -4.63. The molecule has 0 radical (unpaired) electrons. The van der Waals surface area contributed by atoms with Gasteiger partial charge in [0, 0.05) is 19.4 Å². The zero-order valence-corrected chi connectivity index (χ0v) is 58.9. The van der Waals surface area contributed by atoms with Crippen molar-refractivity contribution in [2.45, 2.75) is 302 Å². The van der Waals surface area contributed by atoms with Crippen molar-refractivity contribution >= 4 is 19.8 Å². The number of esters is 2. The Balaban J connectivity index is 3.92. The smallest absolute Gasteiger partial charge is 0.462 e. The number of hydrogen-bond acceptors (Lipinski definition) is 8. The standard InChI is InChI=1S/C81H134NO8P/c1-3-5-7-9-11-13-15-17-19-21-23-25-27-29-31-33-35-37-38-39-40-42-44-46-48-50-52-54-56-58-60-62-64-66-68-70-72-74-81(84)90-79(78-89-91(85,86)88-76-75-82)77-87-80(83)73-71-69-67-65-63-61-59-57-55-53-51-49-47-45-43-41-36-34-32-30-28-26-24-22-20-18-16-14-12-10-8-6-4-2/h5-8,11-14,17-20,23-26,29-32,35-37,39-41,44,46,79H,3-4,9-10,15-16,21-22,27-28,33-34,38,42-43,45,47-78,82H2,1-2H3,(H,85,86)/b7-5-,8-6-,13-11-,14-12-,19-17-,20-18-,25-23-,26-24-,31-29-,32-30-,37-35-,40-39-,41-36-,46-44-. The molecule has 0 aromatic heterocycles. The van der Waals surface area contributed by atoms with Crippen LogP contribution in [0.25, 0.3) is 0 Å². The first-order valence-electron chi connectivity index (χ1n) is 36.6. The van der Waals surface area contributed by atoms with Gasteiger partial charge in [0.15, 0.2) is 6.10 Å². The number of hydrogen-bond donors (Lipinski definition) is 2. The van der Waals surface area contributed by atoms with E-state index in [0.29, 0.717) is 6.42 Å². The molecule has 2 unspecified atom stereocenters. The number of unbranched alkanes of at least 4 members (excludes halogenated alkanes) is 26. The van der Waals surface area contributed by atoms with Crippen LogP contribution in [0, 0.1) is 0 Å². The van der Waals surface area contributed by atoms with E-state index >= 15 is 0 Å². The molecule has 0 aliphatic heterocycles. The molecule has 2 atom stereocenters. The van der Waals surface area contributed by atoms with Gasteiger partial charge in [-0.25, -0.2) is 4.57 Å². The van der Waals surface area contributed by atoms with Gasteiger partial charge in [-0.2, -0.15) is 0 Å². The van der Waals surface area contributed by atoms with Crippen LogP contribution in [0.4, 0.5) is 0 Å². The third-order valence-electron chi connectivity index (χ3n) is 15.1. The van der Waals surface area contributed by atoms with Gasteiger partial charge in [0.25, 0.3) is 0 Å². The molecule has 3 N–H and O–H groups in total. The lowest BCUT2D eigenvalue weighted by Gasteiger charge is -2.19. The summed E-state index contributed by atoms with van der Waals surface area (Å²) in [4.78, 5) is 35.4. The van der Waals surface area contributed by atoms with Gasteiger partial charge in [-0.3, -0.25) is 18.6 Å². The van der Waals surface area contributed by atoms with Crippen LogP contribution in [-0.4, -0.2) is 49.3 Å². The average Bonchev–Trinajstić information content (AvgIpc) is 3.74. The summed E-state index contributed by atoms with van der Waals surface area (Å²) < 4.78 is 33.2. The largest absolute Gasteiger partial charge is 0.472 e. The lowest BCUT2D eigenvalue weighted by molar-refractivity contribution is -0.161. The highest BCUT2D eigenvalue weighted by molar-refractivity contribution is 7.47. The number of rotatable bonds is 67. The number of nitrogens with two attached hydrogens (primary N) is 1. The zero-order chi connectivity index (χ0) is 65.8. The van der Waals surface area contributed by atoms with E-state index in [9.17, 15) is 19.0 Å². The van der Waals surface area contributed by atoms with Crippen molar-refractivity contribution in [3.05, 3.63) is 170 Å². The Kier molecular flexibility index (Phi) is 70.6. The summed E-state index contributed by atoms with van der Waals surface area (Å²) >= 11 is 0. The highest BCUT2D eigenvalue weighted by Gasteiger charge is 2.26. The topological polar surface area (TPSA) is 134 Å². The molecule has 9 nitrogen and oxygen atoms in total. The van der Waals surface area contributed by atoms with E-state index in [4.69, 9.17) is 24.3 Å². The van der Waals surface area contributed by atoms with Gasteiger partial charge in [0.1, 0.15) is 6.61 Å². The fourth-order valence-electron chi connectivity index (χ4n) is 9.78. The predicted octanol–water partition coefficient (Wildman–Crippen LogP) is 24.5. The minimum Gasteiger partial charge on any atom is -0.462 e. The van der Waals surface area contributed by atoms with E-state index in [0.717, 1.165) is 135 Å². The van der Waals surface area contributed by atoms with Crippen molar-refractivity contribution in [1.82, 2.24) is 0 Å². The number of phosphoric ester groups is 1. The second-order valence-electron chi connectivity index (χ2n) is 23.7. The fourth-order valence-corrected chi connectivity index (χ4v) is 10.5. The Morgan fingerprint density at radius 3 is 0.846 bits per heavy atom. The monoisotopic (exact) mass is 1280 g/mol. The van der Waals surface area contributed by atoms with Crippen molar-refractivity contribution in [2.75, 3.05) is 26.4 Å². The predicted molar refractivity (Wildman–Crippen MR) is 394 cm³/mol. The fraction of sp³-hybridized carbons (Fsp3) is 0.630. The summed E-state index contributed by atoms with van der Waals surface area (Å²) in [6.45, 7) is 3.52. The Morgan fingerprint density at radius 2 is 0.571 bits per heavy atom. The first kappa shape index (κ1) is 86.4.